The van der Waals surface area contributed by atoms with Gasteiger partial charge in [-0.2, -0.15) is 0 Å². The van der Waals surface area contributed by atoms with E-state index in [0.29, 0.717) is 12.1 Å². The van der Waals surface area contributed by atoms with Gasteiger partial charge in [-0.05, 0) is 25.1 Å². The summed E-state index contributed by atoms with van der Waals surface area (Å²) in [6.45, 7) is 4.20. The van der Waals surface area contributed by atoms with Crippen LogP contribution in [-0.4, -0.2) is 36.5 Å². The molecule has 1 aliphatic rings. The Bertz CT molecular complexity index is 435. The molecule has 1 saturated heterocycles. The normalized spacial score (nSPS) is 15.5. The molecule has 1 fully saturated rings. The molecular weight excluding hydrogens is 243 g/mol. The lowest BCUT2D eigenvalue weighted by molar-refractivity contribution is 0.0630. The minimum Gasteiger partial charge on any atom is -0.333 e. The van der Waals surface area contributed by atoms with Gasteiger partial charge >= 0.3 is 0 Å². The van der Waals surface area contributed by atoms with E-state index in [1.165, 1.54) is 18.2 Å². The molecule has 92 valence electrons. The molecule has 5 heteroatoms. The number of hydrogen-bond acceptors (Lipinski definition) is 2. The fraction of sp³-hybridized carbons (Fsp3) is 0.417. The molecule has 1 aliphatic heterocycles. The average Bonchev–Trinajstić information content (AvgIpc) is 2.26. The van der Waals surface area contributed by atoms with Gasteiger partial charge in [-0.15, -0.1) is 0 Å². The number of benzene rings is 1. The predicted molar refractivity (Wildman–Crippen MR) is 64.8 cm³/mol. The Morgan fingerprint density at radius 3 is 2.76 bits per heavy atom. The van der Waals surface area contributed by atoms with Crippen LogP contribution in [0.2, 0.25) is 5.02 Å². The summed E-state index contributed by atoms with van der Waals surface area (Å²) in [6.07, 6.45) is 0. The lowest BCUT2D eigenvalue weighted by atomic mass is 10.1. The first-order chi connectivity index (χ1) is 8.13. The largest absolute Gasteiger partial charge is 0.333 e. The van der Waals surface area contributed by atoms with Gasteiger partial charge in [-0.25, -0.2) is 4.39 Å². The molecule has 2 rings (SSSR count). The molecule has 3 nitrogen and oxygen atoms in total. The number of hydrogen-bond donors (Lipinski definition) is 1. The van der Waals surface area contributed by atoms with Gasteiger partial charge in [-0.3, -0.25) is 4.79 Å². The number of likely N-dealkylation sites (N-methyl/N-ethyl adjacent to an activating group) is 1. The number of carbonyl (C=O) groups excluding carboxylic acids is 1. The van der Waals surface area contributed by atoms with Gasteiger partial charge in [0.2, 0.25) is 0 Å². The fourth-order valence-corrected chi connectivity index (χ4v) is 2.04. The van der Waals surface area contributed by atoms with E-state index in [9.17, 15) is 9.18 Å². The van der Waals surface area contributed by atoms with Crippen molar-refractivity contribution in [3.63, 3.8) is 0 Å². The third kappa shape index (κ3) is 2.42. The van der Waals surface area contributed by atoms with Gasteiger partial charge < -0.3 is 10.2 Å². The standard InChI is InChI=1S/C12H14ClFN2O/c1-2-16(9-6-15-7-9)12(17)8-3-4-11(14)10(13)5-8/h3-5,9,15H,2,6-7H2,1H3. The topological polar surface area (TPSA) is 32.3 Å². The van der Waals surface area contributed by atoms with Crippen molar-refractivity contribution in [2.24, 2.45) is 0 Å². The predicted octanol–water partition coefficient (Wildman–Crippen LogP) is 1.91. The Kier molecular flexibility index (Phi) is 3.64. The number of rotatable bonds is 3. The first kappa shape index (κ1) is 12.3. The van der Waals surface area contributed by atoms with E-state index in [2.05, 4.69) is 5.32 Å². The molecule has 1 N–H and O–H groups in total. The second kappa shape index (κ2) is 5.02. The Labute approximate surface area is 105 Å². The summed E-state index contributed by atoms with van der Waals surface area (Å²) in [6, 6.07) is 4.31. The number of nitrogens with one attached hydrogen (secondary N) is 1. The molecule has 1 heterocycles. The van der Waals surface area contributed by atoms with Crippen LogP contribution >= 0.6 is 11.6 Å². The lowest BCUT2D eigenvalue weighted by Gasteiger charge is -2.37. The second-order valence-corrected chi connectivity index (χ2v) is 4.44. The zero-order valence-corrected chi connectivity index (χ0v) is 10.3. The molecule has 0 aromatic heterocycles. The zero-order valence-electron chi connectivity index (χ0n) is 9.54. The van der Waals surface area contributed by atoms with Crippen LogP contribution in [0.3, 0.4) is 0 Å². The van der Waals surface area contributed by atoms with Crippen LogP contribution in [0.25, 0.3) is 0 Å². The van der Waals surface area contributed by atoms with Gasteiger partial charge in [-0.1, -0.05) is 11.6 Å². The van der Waals surface area contributed by atoms with E-state index < -0.39 is 5.82 Å². The van der Waals surface area contributed by atoms with Gasteiger partial charge in [0.15, 0.2) is 0 Å². The van der Waals surface area contributed by atoms with E-state index in [-0.39, 0.29) is 17.0 Å². The van der Waals surface area contributed by atoms with Crippen molar-refractivity contribution in [3.05, 3.63) is 34.6 Å². The summed E-state index contributed by atoms with van der Waals surface area (Å²) < 4.78 is 13.0. The molecule has 0 unspecified atom stereocenters. The first-order valence-corrected chi connectivity index (χ1v) is 5.98. The zero-order chi connectivity index (χ0) is 12.4. The van der Waals surface area contributed by atoms with E-state index in [0.717, 1.165) is 13.1 Å². The molecule has 0 saturated carbocycles. The highest BCUT2D eigenvalue weighted by Gasteiger charge is 2.28. The number of amides is 1. The summed E-state index contributed by atoms with van der Waals surface area (Å²) in [7, 11) is 0. The van der Waals surface area contributed by atoms with Crippen molar-refractivity contribution in [1.82, 2.24) is 10.2 Å². The molecule has 1 aromatic rings. The van der Waals surface area contributed by atoms with Gasteiger partial charge in [0.1, 0.15) is 5.82 Å². The van der Waals surface area contributed by atoms with Crippen molar-refractivity contribution >= 4 is 17.5 Å². The highest BCUT2D eigenvalue weighted by molar-refractivity contribution is 6.31. The van der Waals surface area contributed by atoms with E-state index in [4.69, 9.17) is 11.6 Å². The van der Waals surface area contributed by atoms with Crippen LogP contribution < -0.4 is 5.32 Å². The average molecular weight is 257 g/mol. The quantitative estimate of drug-likeness (QED) is 0.896. The van der Waals surface area contributed by atoms with Crippen molar-refractivity contribution in [1.29, 1.82) is 0 Å². The molecule has 0 aliphatic carbocycles. The van der Waals surface area contributed by atoms with Crippen LogP contribution in [-0.2, 0) is 0 Å². The van der Waals surface area contributed by atoms with Crippen molar-refractivity contribution in [3.8, 4) is 0 Å². The third-order valence-electron chi connectivity index (χ3n) is 2.97. The summed E-state index contributed by atoms with van der Waals surface area (Å²) in [4.78, 5) is 14.0. The number of nitrogens with zero attached hydrogens (tertiary/aromatic N) is 1. The Balaban J connectivity index is 2.19. The van der Waals surface area contributed by atoms with E-state index in [1.807, 2.05) is 6.92 Å². The van der Waals surface area contributed by atoms with Gasteiger partial charge in [0.05, 0.1) is 11.1 Å². The molecule has 0 bridgehead atoms. The second-order valence-electron chi connectivity index (χ2n) is 4.03. The minimum absolute atomic E-state index is 0.0152. The van der Waals surface area contributed by atoms with Gasteiger partial charge in [0, 0.05) is 25.2 Å². The molecule has 0 radical (unpaired) electrons. The molecule has 1 aromatic carbocycles. The first-order valence-electron chi connectivity index (χ1n) is 5.60. The van der Waals surface area contributed by atoms with E-state index >= 15 is 0 Å². The monoisotopic (exact) mass is 256 g/mol. The summed E-state index contributed by atoms with van der Waals surface area (Å²) in [5.41, 5.74) is 0.435. The summed E-state index contributed by atoms with van der Waals surface area (Å²) in [5.74, 6) is -0.600. The lowest BCUT2D eigenvalue weighted by Crippen LogP contribution is -2.58. The van der Waals surface area contributed by atoms with Crippen molar-refractivity contribution in [2.45, 2.75) is 13.0 Å². The van der Waals surface area contributed by atoms with Crippen molar-refractivity contribution < 1.29 is 9.18 Å². The molecule has 0 atom stereocenters. The molecular formula is C12H14ClFN2O. The van der Waals surface area contributed by atoms with Crippen LogP contribution in [0.15, 0.2) is 18.2 Å². The van der Waals surface area contributed by atoms with Crippen LogP contribution in [0.4, 0.5) is 4.39 Å². The van der Waals surface area contributed by atoms with Crippen LogP contribution in [0.1, 0.15) is 17.3 Å². The third-order valence-corrected chi connectivity index (χ3v) is 3.26. The highest BCUT2D eigenvalue weighted by atomic mass is 35.5. The SMILES string of the molecule is CCN(C(=O)c1ccc(F)c(Cl)c1)C1CNC1. The fourth-order valence-electron chi connectivity index (χ4n) is 1.86. The summed E-state index contributed by atoms with van der Waals surface area (Å²) >= 11 is 5.68. The highest BCUT2D eigenvalue weighted by Crippen LogP contribution is 2.18. The maximum Gasteiger partial charge on any atom is 0.254 e. The Hall–Kier alpha value is -1.13. The Morgan fingerprint density at radius 2 is 2.29 bits per heavy atom. The number of halogens is 2. The van der Waals surface area contributed by atoms with Crippen LogP contribution in [0, 0.1) is 5.82 Å². The molecule has 17 heavy (non-hydrogen) atoms. The van der Waals surface area contributed by atoms with Gasteiger partial charge in [0.25, 0.3) is 5.91 Å². The van der Waals surface area contributed by atoms with Crippen molar-refractivity contribution in [2.75, 3.05) is 19.6 Å². The minimum atomic E-state index is -0.503. The summed E-state index contributed by atoms with van der Waals surface area (Å²) in [5, 5.41) is 3.11. The molecule has 1 amide bonds. The Morgan fingerprint density at radius 1 is 1.59 bits per heavy atom. The van der Waals surface area contributed by atoms with Crippen LogP contribution in [0.5, 0.6) is 0 Å². The molecule has 0 spiro atoms. The van der Waals surface area contributed by atoms with E-state index in [1.54, 1.807) is 4.90 Å². The maximum absolute atomic E-state index is 13.0. The maximum atomic E-state index is 13.0. The number of carbonyl (C=O) groups is 1. The smallest absolute Gasteiger partial charge is 0.254 e.